The molecule has 1 aliphatic rings. The zero-order chi connectivity index (χ0) is 14.9. The molecule has 2 heterocycles. The second-order valence-corrected chi connectivity index (χ2v) is 6.01. The predicted molar refractivity (Wildman–Crippen MR) is 63.0 cm³/mol. The average Bonchev–Trinajstić information content (AvgIpc) is 2.79. The van der Waals surface area contributed by atoms with Crippen LogP contribution in [0.15, 0.2) is 15.8 Å². The molecule has 9 nitrogen and oxygen atoms in total. The number of nitrogens with one attached hydrogen (secondary N) is 1. The van der Waals surface area contributed by atoms with Gasteiger partial charge in [0.15, 0.2) is 0 Å². The summed E-state index contributed by atoms with van der Waals surface area (Å²) in [6, 6.07) is 0. The van der Waals surface area contributed by atoms with Crippen LogP contribution < -0.4 is 80.2 Å². The van der Waals surface area contributed by atoms with E-state index in [1.54, 1.807) is 6.92 Å². The number of aryl methyl sites for hydroxylation is 1. The number of aromatic nitrogens is 2. The van der Waals surface area contributed by atoms with Gasteiger partial charge in [-0.3, -0.25) is 14.3 Å². The molecule has 2 atom stereocenters. The standard InChI is InChI=1S/C10H15N2O7P.2Na/c1-6-3-12(10(14)11-9(6)13)8-2-7(4-18-8)19-5-20(15,16)17;;/h3,7-8H,2,4-5H2,1H3,(H,11,13,14)(H2,15,16,17);;/q;2*+1/p-2/t7-,8-;;/m1../s1. The zero-order valence-corrected chi connectivity index (χ0v) is 17.5. The Bertz CT molecular complexity index is 655. The van der Waals surface area contributed by atoms with Crippen LogP contribution in [0.4, 0.5) is 0 Å². The van der Waals surface area contributed by atoms with Crippen molar-refractivity contribution in [2.75, 3.05) is 13.0 Å². The van der Waals surface area contributed by atoms with Crippen LogP contribution in [0, 0.1) is 6.92 Å². The fraction of sp³-hybridized carbons (Fsp3) is 0.600. The van der Waals surface area contributed by atoms with Gasteiger partial charge in [0.2, 0.25) is 0 Å². The molecule has 1 N–H and O–H groups in total. The SMILES string of the molecule is Cc1cn([C@H]2C[C@@H](OCP(=O)([O-])[O-])CO2)c(=O)[nH]c1=O.[Na+].[Na+]. The number of rotatable bonds is 4. The first kappa shape index (κ1) is 22.8. The van der Waals surface area contributed by atoms with Crippen LogP contribution in [-0.4, -0.2) is 28.6 Å². The van der Waals surface area contributed by atoms with Gasteiger partial charge in [-0.2, -0.15) is 0 Å². The maximum atomic E-state index is 11.6. The van der Waals surface area contributed by atoms with Crippen LogP contribution in [-0.2, 0) is 14.0 Å². The van der Waals surface area contributed by atoms with Crippen molar-refractivity contribution in [1.82, 2.24) is 9.55 Å². The van der Waals surface area contributed by atoms with Gasteiger partial charge in [0.25, 0.3) is 5.56 Å². The van der Waals surface area contributed by atoms with Crippen LogP contribution in [0.2, 0.25) is 0 Å². The fourth-order valence-electron chi connectivity index (χ4n) is 1.89. The maximum Gasteiger partial charge on any atom is 1.00 e. The van der Waals surface area contributed by atoms with Crippen molar-refractivity contribution in [2.24, 2.45) is 0 Å². The van der Waals surface area contributed by atoms with Crippen LogP contribution in [0.3, 0.4) is 0 Å². The van der Waals surface area contributed by atoms with E-state index < -0.39 is 37.5 Å². The molecule has 0 spiro atoms. The van der Waals surface area contributed by atoms with Gasteiger partial charge in [0, 0.05) is 18.2 Å². The minimum atomic E-state index is -4.73. The minimum Gasteiger partial charge on any atom is -0.809 e. The normalized spacial score (nSPS) is 21.0. The van der Waals surface area contributed by atoms with E-state index in [2.05, 4.69) is 4.98 Å². The summed E-state index contributed by atoms with van der Waals surface area (Å²) in [6.45, 7) is 1.61. The van der Waals surface area contributed by atoms with E-state index in [0.29, 0.717) is 5.56 Å². The van der Waals surface area contributed by atoms with Crippen molar-refractivity contribution >= 4 is 7.60 Å². The molecule has 1 aliphatic heterocycles. The van der Waals surface area contributed by atoms with Crippen LogP contribution in [0.5, 0.6) is 0 Å². The van der Waals surface area contributed by atoms with Crippen LogP contribution >= 0.6 is 7.60 Å². The van der Waals surface area contributed by atoms with E-state index in [0.717, 1.165) is 0 Å². The van der Waals surface area contributed by atoms with Gasteiger partial charge in [-0.25, -0.2) is 4.79 Å². The third-order valence-corrected chi connectivity index (χ3v) is 3.33. The molecule has 12 heteroatoms. The van der Waals surface area contributed by atoms with Crippen molar-refractivity contribution < 1.29 is 82.9 Å². The van der Waals surface area contributed by atoms with Crippen LogP contribution in [0.25, 0.3) is 0 Å². The molecule has 1 fully saturated rings. The van der Waals surface area contributed by atoms with Gasteiger partial charge in [0.05, 0.1) is 19.1 Å². The molecule has 22 heavy (non-hydrogen) atoms. The summed E-state index contributed by atoms with van der Waals surface area (Å²) in [4.78, 5) is 46.0. The first-order chi connectivity index (χ1) is 9.26. The monoisotopic (exact) mass is 350 g/mol. The van der Waals surface area contributed by atoms with Gasteiger partial charge in [0.1, 0.15) is 6.23 Å². The molecule has 0 amide bonds. The molecule has 0 unspecified atom stereocenters. The molecular formula is C10H13N2Na2O7P. The molecule has 0 bridgehead atoms. The van der Waals surface area contributed by atoms with E-state index in [9.17, 15) is 23.9 Å². The maximum absolute atomic E-state index is 11.6. The summed E-state index contributed by atoms with van der Waals surface area (Å²) >= 11 is 0. The van der Waals surface area contributed by atoms with E-state index >= 15 is 0 Å². The van der Waals surface area contributed by atoms with Gasteiger partial charge in [-0.15, -0.1) is 0 Å². The van der Waals surface area contributed by atoms with Gasteiger partial charge in [-0.1, -0.05) is 0 Å². The number of hydrogen-bond donors (Lipinski definition) is 1. The van der Waals surface area contributed by atoms with E-state index in [1.807, 2.05) is 0 Å². The Morgan fingerprint density at radius 3 is 2.68 bits per heavy atom. The van der Waals surface area contributed by atoms with E-state index in [-0.39, 0.29) is 72.1 Å². The molecule has 1 saturated heterocycles. The van der Waals surface area contributed by atoms with Gasteiger partial charge < -0.3 is 23.8 Å². The average molecular weight is 350 g/mol. The second kappa shape index (κ2) is 9.29. The number of nitrogens with zero attached hydrogens (tertiary/aromatic N) is 1. The summed E-state index contributed by atoms with van der Waals surface area (Å²) < 4.78 is 21.9. The summed E-state index contributed by atoms with van der Waals surface area (Å²) in [7, 11) is -4.73. The Kier molecular flexibility index (Phi) is 9.61. The quantitative estimate of drug-likeness (QED) is 0.421. The second-order valence-electron chi connectivity index (χ2n) is 4.53. The topological polar surface area (TPSA) is 137 Å². The van der Waals surface area contributed by atoms with Crippen LogP contribution in [0.1, 0.15) is 18.2 Å². The van der Waals surface area contributed by atoms with Gasteiger partial charge in [-0.05, 0) is 14.5 Å². The molecule has 0 aromatic carbocycles. The molecule has 1 aromatic heterocycles. The fourth-order valence-corrected chi connectivity index (χ4v) is 2.28. The van der Waals surface area contributed by atoms with E-state index in [1.165, 1.54) is 10.8 Å². The molecule has 0 aliphatic carbocycles. The predicted octanol–water partition coefficient (Wildman–Crippen LogP) is -7.97. The van der Waals surface area contributed by atoms with Crippen molar-refractivity contribution in [3.63, 3.8) is 0 Å². The third kappa shape index (κ3) is 6.33. The minimum absolute atomic E-state index is 0. The van der Waals surface area contributed by atoms with Crippen molar-refractivity contribution in [3.8, 4) is 0 Å². The largest absolute Gasteiger partial charge is 1.00 e. The Labute approximate surface area is 170 Å². The Balaban J connectivity index is 0.00000220. The molecule has 112 valence electrons. The summed E-state index contributed by atoms with van der Waals surface area (Å²) in [5, 5.41) is 0. The molecular weight excluding hydrogens is 337 g/mol. The first-order valence-corrected chi connectivity index (χ1v) is 7.55. The Morgan fingerprint density at radius 1 is 1.45 bits per heavy atom. The first-order valence-electron chi connectivity index (χ1n) is 5.82. The van der Waals surface area contributed by atoms with E-state index in [4.69, 9.17) is 9.47 Å². The summed E-state index contributed by atoms with van der Waals surface area (Å²) in [6.07, 6.45) is -0.588. The summed E-state index contributed by atoms with van der Waals surface area (Å²) in [5.74, 6) is 0. The van der Waals surface area contributed by atoms with Crippen molar-refractivity contribution in [1.29, 1.82) is 0 Å². The Morgan fingerprint density at radius 2 is 2.09 bits per heavy atom. The summed E-state index contributed by atoms with van der Waals surface area (Å²) in [5.41, 5.74) is -0.749. The zero-order valence-electron chi connectivity index (χ0n) is 12.6. The molecule has 1 aromatic rings. The molecule has 0 saturated carbocycles. The Hall–Kier alpha value is 0.750. The molecule has 2 rings (SSSR count). The third-order valence-electron chi connectivity index (χ3n) is 2.86. The number of hydrogen-bond acceptors (Lipinski definition) is 7. The van der Waals surface area contributed by atoms with Gasteiger partial charge >= 0.3 is 64.8 Å². The number of aromatic amines is 1. The number of H-pyrrole nitrogens is 1. The van der Waals surface area contributed by atoms with Crippen molar-refractivity contribution in [3.05, 3.63) is 32.6 Å². The molecule has 0 radical (unpaired) electrons. The smallest absolute Gasteiger partial charge is 0.809 e. The number of ether oxygens (including phenoxy) is 2. The van der Waals surface area contributed by atoms with Crippen molar-refractivity contribution in [2.45, 2.75) is 25.7 Å².